The number of thiophene rings is 1. The van der Waals surface area contributed by atoms with Gasteiger partial charge in [0, 0.05) is 5.69 Å². The molecule has 0 aliphatic rings. The van der Waals surface area contributed by atoms with Gasteiger partial charge < -0.3 is 4.98 Å². The summed E-state index contributed by atoms with van der Waals surface area (Å²) in [4.78, 5) is 15.4. The largest absolute Gasteiger partial charge is 0.356 e. The van der Waals surface area contributed by atoms with Gasteiger partial charge >= 0.3 is 0 Å². The molecule has 2 aromatic heterocycles. The second-order valence-electron chi connectivity index (χ2n) is 3.94. The molecule has 17 heavy (non-hydrogen) atoms. The van der Waals surface area contributed by atoms with E-state index in [1.807, 2.05) is 20.8 Å². The minimum atomic E-state index is -0.105. The van der Waals surface area contributed by atoms with Crippen LogP contribution in [0, 0.1) is 20.8 Å². The van der Waals surface area contributed by atoms with Gasteiger partial charge in [-0.1, -0.05) is 23.2 Å². The summed E-state index contributed by atoms with van der Waals surface area (Å²) >= 11 is 13.0. The van der Waals surface area contributed by atoms with Crippen molar-refractivity contribution < 1.29 is 4.79 Å². The maximum Gasteiger partial charge on any atom is 0.211 e. The Balaban J connectivity index is 2.51. The Hall–Kier alpha value is -0.770. The van der Waals surface area contributed by atoms with Crippen LogP contribution in [0.2, 0.25) is 8.67 Å². The number of aromatic amines is 1. The molecule has 5 heteroatoms. The minimum Gasteiger partial charge on any atom is -0.356 e. The van der Waals surface area contributed by atoms with Crippen LogP contribution in [0.25, 0.3) is 0 Å². The fourth-order valence-corrected chi connectivity index (χ4v) is 3.16. The van der Waals surface area contributed by atoms with E-state index in [0.29, 0.717) is 19.9 Å². The molecule has 0 saturated heterocycles. The maximum absolute atomic E-state index is 12.3. The average Bonchev–Trinajstić information content (AvgIpc) is 2.72. The Morgan fingerprint density at radius 1 is 1.24 bits per heavy atom. The number of nitrogens with one attached hydrogen (secondary N) is 1. The number of aromatic nitrogens is 1. The summed E-state index contributed by atoms with van der Waals surface area (Å²) in [5.74, 6) is -0.105. The number of hydrogen-bond acceptors (Lipinski definition) is 2. The van der Waals surface area contributed by atoms with E-state index in [-0.39, 0.29) is 5.78 Å². The van der Waals surface area contributed by atoms with Gasteiger partial charge in [-0.2, -0.15) is 0 Å². The summed E-state index contributed by atoms with van der Waals surface area (Å²) in [7, 11) is 0. The van der Waals surface area contributed by atoms with Crippen molar-refractivity contribution in [1.82, 2.24) is 4.98 Å². The van der Waals surface area contributed by atoms with E-state index in [1.54, 1.807) is 6.07 Å². The number of ketones is 1. The molecule has 0 unspecified atom stereocenters. The summed E-state index contributed by atoms with van der Waals surface area (Å²) < 4.78 is 0.959. The standard InChI is InChI=1S/C12H11Cl2NOS/c1-5-6(2)10(15-7(5)3)11(16)8-4-9(13)17-12(8)14/h4,15H,1-3H3. The zero-order valence-corrected chi connectivity index (χ0v) is 12.0. The molecule has 0 radical (unpaired) electrons. The second-order valence-corrected chi connectivity index (χ2v) is 6.23. The van der Waals surface area contributed by atoms with Crippen molar-refractivity contribution in [1.29, 1.82) is 0 Å². The van der Waals surface area contributed by atoms with Crippen molar-refractivity contribution >= 4 is 40.3 Å². The van der Waals surface area contributed by atoms with Crippen LogP contribution in [-0.4, -0.2) is 10.8 Å². The third-order valence-corrected chi connectivity index (χ3v) is 4.43. The Bertz CT molecular complexity index is 598. The molecule has 1 N–H and O–H groups in total. The first-order valence-corrected chi connectivity index (χ1v) is 6.64. The zero-order chi connectivity index (χ0) is 12.7. The number of H-pyrrole nitrogens is 1. The highest BCUT2D eigenvalue weighted by Crippen LogP contribution is 2.33. The second kappa shape index (κ2) is 4.48. The predicted molar refractivity (Wildman–Crippen MR) is 72.8 cm³/mol. The fourth-order valence-electron chi connectivity index (χ4n) is 1.70. The molecule has 2 rings (SSSR count). The van der Waals surface area contributed by atoms with Gasteiger partial charge in [0.1, 0.15) is 4.34 Å². The molecule has 0 amide bonds. The highest BCUT2D eigenvalue weighted by atomic mass is 35.5. The Labute approximate surface area is 114 Å². The van der Waals surface area contributed by atoms with E-state index >= 15 is 0 Å². The van der Waals surface area contributed by atoms with Crippen molar-refractivity contribution in [2.45, 2.75) is 20.8 Å². The lowest BCUT2D eigenvalue weighted by Gasteiger charge is -1.98. The van der Waals surface area contributed by atoms with Crippen molar-refractivity contribution in [3.8, 4) is 0 Å². The Morgan fingerprint density at radius 2 is 1.88 bits per heavy atom. The third kappa shape index (κ3) is 2.15. The summed E-state index contributed by atoms with van der Waals surface area (Å²) in [6, 6.07) is 1.61. The van der Waals surface area contributed by atoms with Crippen molar-refractivity contribution in [2.75, 3.05) is 0 Å². The first-order valence-electron chi connectivity index (χ1n) is 5.07. The quantitative estimate of drug-likeness (QED) is 0.808. The molecule has 0 atom stereocenters. The number of aryl methyl sites for hydroxylation is 1. The normalized spacial score (nSPS) is 10.9. The van der Waals surface area contributed by atoms with Gasteiger partial charge in [-0.15, -0.1) is 11.3 Å². The first-order chi connectivity index (χ1) is 7.91. The van der Waals surface area contributed by atoms with Crippen LogP contribution >= 0.6 is 34.5 Å². The molecule has 0 spiro atoms. The Morgan fingerprint density at radius 3 is 2.29 bits per heavy atom. The number of hydrogen-bond donors (Lipinski definition) is 1. The monoisotopic (exact) mass is 287 g/mol. The molecule has 2 heterocycles. The molecule has 2 nitrogen and oxygen atoms in total. The van der Waals surface area contributed by atoms with Crippen LogP contribution in [0.3, 0.4) is 0 Å². The fraction of sp³-hybridized carbons (Fsp3) is 0.250. The lowest BCUT2D eigenvalue weighted by atomic mass is 10.1. The van der Waals surface area contributed by atoms with Crippen LogP contribution in [0.4, 0.5) is 0 Å². The Kier molecular flexibility index (Phi) is 3.34. The summed E-state index contributed by atoms with van der Waals surface area (Å²) in [6.45, 7) is 5.86. The average molecular weight is 288 g/mol. The van der Waals surface area contributed by atoms with Gasteiger partial charge in [0.15, 0.2) is 0 Å². The molecule has 0 aromatic carbocycles. The topological polar surface area (TPSA) is 32.9 Å². The van der Waals surface area contributed by atoms with Crippen LogP contribution < -0.4 is 0 Å². The van der Waals surface area contributed by atoms with Gasteiger partial charge in [-0.25, -0.2) is 0 Å². The predicted octanol–water partition coefficient (Wildman–Crippen LogP) is 4.54. The summed E-state index contributed by atoms with van der Waals surface area (Å²) in [5.41, 5.74) is 4.13. The first kappa shape index (κ1) is 12.7. The molecule has 90 valence electrons. The van der Waals surface area contributed by atoms with Gasteiger partial charge in [0.05, 0.1) is 15.6 Å². The third-order valence-electron chi connectivity index (χ3n) is 2.94. The van der Waals surface area contributed by atoms with E-state index in [9.17, 15) is 4.79 Å². The zero-order valence-electron chi connectivity index (χ0n) is 9.65. The van der Waals surface area contributed by atoms with E-state index in [0.717, 1.165) is 16.8 Å². The van der Waals surface area contributed by atoms with E-state index in [4.69, 9.17) is 23.2 Å². The van der Waals surface area contributed by atoms with Crippen LogP contribution in [0.15, 0.2) is 6.07 Å². The number of rotatable bonds is 2. The molecule has 0 saturated carbocycles. The molecular formula is C12H11Cl2NOS. The minimum absolute atomic E-state index is 0.105. The van der Waals surface area contributed by atoms with Gasteiger partial charge in [-0.05, 0) is 38.0 Å². The summed E-state index contributed by atoms with van der Waals surface area (Å²) in [5, 5.41) is 0. The van der Waals surface area contributed by atoms with Gasteiger partial charge in [0.2, 0.25) is 5.78 Å². The van der Waals surface area contributed by atoms with Crippen LogP contribution in [0.1, 0.15) is 32.9 Å². The molecule has 0 aliphatic carbocycles. The van der Waals surface area contributed by atoms with Gasteiger partial charge in [-0.3, -0.25) is 4.79 Å². The van der Waals surface area contributed by atoms with E-state index in [1.165, 1.54) is 11.3 Å². The number of carbonyl (C=O) groups excluding carboxylic acids is 1. The highest BCUT2D eigenvalue weighted by molar-refractivity contribution is 7.20. The molecule has 0 bridgehead atoms. The molecule has 2 aromatic rings. The lowest BCUT2D eigenvalue weighted by molar-refractivity contribution is 0.103. The van der Waals surface area contributed by atoms with Crippen LogP contribution in [0.5, 0.6) is 0 Å². The van der Waals surface area contributed by atoms with Crippen molar-refractivity contribution in [3.63, 3.8) is 0 Å². The van der Waals surface area contributed by atoms with Crippen molar-refractivity contribution in [3.05, 3.63) is 42.8 Å². The molecule has 0 fully saturated rings. The SMILES string of the molecule is Cc1[nH]c(C(=O)c2cc(Cl)sc2Cl)c(C)c1C. The maximum atomic E-state index is 12.3. The highest BCUT2D eigenvalue weighted by Gasteiger charge is 2.20. The molecular weight excluding hydrogens is 277 g/mol. The van der Waals surface area contributed by atoms with E-state index < -0.39 is 0 Å². The molecule has 0 aliphatic heterocycles. The van der Waals surface area contributed by atoms with Gasteiger partial charge in [0.25, 0.3) is 0 Å². The number of halogens is 2. The van der Waals surface area contributed by atoms with E-state index in [2.05, 4.69) is 4.98 Å². The summed E-state index contributed by atoms with van der Waals surface area (Å²) in [6.07, 6.45) is 0. The van der Waals surface area contributed by atoms with Crippen LogP contribution in [-0.2, 0) is 0 Å². The smallest absolute Gasteiger partial charge is 0.211 e. The number of carbonyl (C=O) groups is 1. The lowest BCUT2D eigenvalue weighted by Crippen LogP contribution is -2.02. The van der Waals surface area contributed by atoms with Crippen molar-refractivity contribution in [2.24, 2.45) is 0 Å².